The molecule has 0 aliphatic carbocycles. The highest BCUT2D eigenvalue weighted by Gasteiger charge is 2.13. The van der Waals surface area contributed by atoms with Crippen molar-refractivity contribution in [1.82, 2.24) is 0 Å². The number of hydrogen-bond acceptors (Lipinski definition) is 4. The maximum absolute atomic E-state index is 10.9. The summed E-state index contributed by atoms with van der Waals surface area (Å²) < 4.78 is 6.50. The van der Waals surface area contributed by atoms with Crippen LogP contribution in [0.15, 0.2) is 24.2 Å². The smallest absolute Gasteiger partial charge is 0.396 e. The van der Waals surface area contributed by atoms with Crippen LogP contribution in [-0.2, 0) is 0 Å². The second-order valence-electron chi connectivity index (χ2n) is 2.30. The summed E-state index contributed by atoms with van der Waals surface area (Å²) in [5, 5.41) is 9.54. The molecule has 0 fully saturated rings. The van der Waals surface area contributed by atoms with E-state index in [0.717, 1.165) is 11.3 Å². The summed E-state index contributed by atoms with van der Waals surface area (Å²) in [6.45, 7) is 0. The Balaban J connectivity index is 3.04. The summed E-state index contributed by atoms with van der Waals surface area (Å²) in [6.07, 6.45) is 0. The molecule has 0 unspecified atom stereocenters. The summed E-state index contributed by atoms with van der Waals surface area (Å²) in [4.78, 5) is 10.5. The minimum Gasteiger partial charge on any atom is -0.505 e. The van der Waals surface area contributed by atoms with Crippen LogP contribution in [-0.4, -0.2) is 5.11 Å². The van der Waals surface area contributed by atoms with E-state index in [1.165, 1.54) is 0 Å². The van der Waals surface area contributed by atoms with Crippen molar-refractivity contribution in [3.05, 3.63) is 24.7 Å². The zero-order valence-electron chi connectivity index (χ0n) is 6.01. The first-order valence-electron chi connectivity index (χ1n) is 3.20. The molecule has 0 spiro atoms. The van der Waals surface area contributed by atoms with Crippen LogP contribution in [0.5, 0.6) is 5.75 Å². The fraction of sp³-hybridized carbons (Fsp3) is 0. The molecule has 1 aromatic heterocycles. The number of benzene rings is 1. The number of fused-ring (bicyclic) bond motifs is 1. The van der Waals surface area contributed by atoms with E-state index >= 15 is 0 Å². The number of rotatable bonds is 0. The second-order valence-corrected chi connectivity index (χ2v) is 4.96. The van der Waals surface area contributed by atoms with E-state index < -0.39 is 4.94 Å². The molecule has 0 radical (unpaired) electrons. The Morgan fingerprint density at radius 3 is 2.77 bits per heavy atom. The summed E-state index contributed by atoms with van der Waals surface area (Å²) in [7, 11) is 0. The molecule has 0 saturated heterocycles. The van der Waals surface area contributed by atoms with Crippen LogP contribution in [0.3, 0.4) is 0 Å². The highest BCUT2D eigenvalue weighted by Crippen LogP contribution is 2.38. The SMILES string of the molecule is O=c1oc2c(Br)cc(Br)c(O)c2s1. The van der Waals surface area contributed by atoms with Gasteiger partial charge in [0, 0.05) is 0 Å². The molecule has 13 heavy (non-hydrogen) atoms. The quantitative estimate of drug-likeness (QED) is 0.809. The summed E-state index contributed by atoms with van der Waals surface area (Å²) in [5.41, 5.74) is 0.385. The lowest BCUT2D eigenvalue weighted by molar-refractivity contribution is 0.478. The normalized spacial score (nSPS) is 10.9. The number of halogens is 2. The van der Waals surface area contributed by atoms with Crippen molar-refractivity contribution in [2.45, 2.75) is 0 Å². The maximum Gasteiger partial charge on any atom is 0.396 e. The molecule has 2 aromatic rings. The van der Waals surface area contributed by atoms with Gasteiger partial charge in [0.15, 0.2) is 11.3 Å². The molecular formula is C7H2Br2O3S. The Kier molecular flexibility index (Phi) is 2.21. The van der Waals surface area contributed by atoms with Crippen molar-refractivity contribution >= 4 is 53.5 Å². The van der Waals surface area contributed by atoms with Crippen molar-refractivity contribution in [3.63, 3.8) is 0 Å². The number of phenols is 1. The van der Waals surface area contributed by atoms with Gasteiger partial charge in [-0.3, -0.25) is 0 Å². The summed E-state index contributed by atoms with van der Waals surface area (Å²) in [6, 6.07) is 1.63. The van der Waals surface area contributed by atoms with E-state index in [1.54, 1.807) is 6.07 Å². The Hall–Kier alpha value is -0.330. The van der Waals surface area contributed by atoms with Gasteiger partial charge in [0.25, 0.3) is 0 Å². The lowest BCUT2D eigenvalue weighted by Gasteiger charge is -1.97. The van der Waals surface area contributed by atoms with E-state index in [2.05, 4.69) is 31.9 Å². The fourth-order valence-electron chi connectivity index (χ4n) is 0.947. The van der Waals surface area contributed by atoms with Crippen molar-refractivity contribution in [1.29, 1.82) is 0 Å². The van der Waals surface area contributed by atoms with E-state index in [0.29, 0.717) is 19.2 Å². The molecule has 0 aliphatic heterocycles. The van der Waals surface area contributed by atoms with Crippen molar-refractivity contribution < 1.29 is 9.52 Å². The van der Waals surface area contributed by atoms with Crippen LogP contribution in [0.4, 0.5) is 0 Å². The second kappa shape index (κ2) is 3.11. The average molecular weight is 326 g/mol. The van der Waals surface area contributed by atoms with Gasteiger partial charge in [-0.25, -0.2) is 4.79 Å². The van der Waals surface area contributed by atoms with E-state index in [4.69, 9.17) is 4.42 Å². The van der Waals surface area contributed by atoms with Gasteiger partial charge in [0.2, 0.25) is 0 Å². The molecule has 0 saturated carbocycles. The minimum atomic E-state index is -0.427. The third-order valence-electron chi connectivity index (χ3n) is 1.49. The van der Waals surface area contributed by atoms with Gasteiger partial charge >= 0.3 is 4.94 Å². The number of phenolic OH excluding ortho intramolecular Hbond substituents is 1. The molecule has 68 valence electrons. The maximum atomic E-state index is 10.9. The van der Waals surface area contributed by atoms with E-state index in [1.807, 2.05) is 0 Å². The first-order chi connectivity index (χ1) is 6.09. The third-order valence-corrected chi connectivity index (χ3v) is 3.52. The predicted molar refractivity (Wildman–Crippen MR) is 57.4 cm³/mol. The third kappa shape index (κ3) is 1.43. The highest BCUT2D eigenvalue weighted by atomic mass is 79.9. The zero-order chi connectivity index (χ0) is 9.59. The van der Waals surface area contributed by atoms with Gasteiger partial charge in [-0.15, -0.1) is 0 Å². The summed E-state index contributed by atoms with van der Waals surface area (Å²) in [5.74, 6) is 0.0362. The molecule has 1 aromatic carbocycles. The molecule has 1 heterocycles. The van der Waals surface area contributed by atoms with Gasteiger partial charge in [0.1, 0.15) is 4.70 Å². The van der Waals surface area contributed by atoms with Crippen molar-refractivity contribution in [3.8, 4) is 5.75 Å². The molecular weight excluding hydrogens is 324 g/mol. The fourth-order valence-corrected chi connectivity index (χ4v) is 3.19. The zero-order valence-corrected chi connectivity index (χ0v) is 9.99. The topological polar surface area (TPSA) is 50.4 Å². The van der Waals surface area contributed by atoms with Gasteiger partial charge in [-0.1, -0.05) is 0 Å². The predicted octanol–water partition coefficient (Wildman–Crippen LogP) is 3.09. The largest absolute Gasteiger partial charge is 0.505 e. The van der Waals surface area contributed by atoms with Crippen molar-refractivity contribution in [2.75, 3.05) is 0 Å². The molecule has 1 N–H and O–H groups in total. The first kappa shape index (κ1) is 9.23. The lowest BCUT2D eigenvalue weighted by Crippen LogP contribution is -1.79. The summed E-state index contributed by atoms with van der Waals surface area (Å²) >= 11 is 7.26. The first-order valence-corrected chi connectivity index (χ1v) is 5.60. The van der Waals surface area contributed by atoms with Gasteiger partial charge in [-0.2, -0.15) is 0 Å². The standard InChI is InChI=1S/C7H2Br2O3S/c8-2-1-3(9)5-6(4(2)10)13-7(11)12-5/h1,10H. The van der Waals surface area contributed by atoms with Gasteiger partial charge in [-0.05, 0) is 49.3 Å². The highest BCUT2D eigenvalue weighted by molar-refractivity contribution is 9.11. The number of aromatic hydroxyl groups is 1. The molecule has 3 nitrogen and oxygen atoms in total. The van der Waals surface area contributed by atoms with Crippen LogP contribution < -0.4 is 4.94 Å². The van der Waals surface area contributed by atoms with Crippen LogP contribution in [0.25, 0.3) is 10.3 Å². The molecule has 0 amide bonds. The lowest BCUT2D eigenvalue weighted by atomic mass is 10.3. The van der Waals surface area contributed by atoms with Gasteiger partial charge < -0.3 is 9.52 Å². The number of hydrogen-bond donors (Lipinski definition) is 1. The Bertz CT molecular complexity index is 528. The van der Waals surface area contributed by atoms with E-state index in [-0.39, 0.29) is 5.75 Å². The molecule has 2 rings (SSSR count). The van der Waals surface area contributed by atoms with Crippen LogP contribution in [0, 0.1) is 0 Å². The van der Waals surface area contributed by atoms with Crippen LogP contribution in [0.1, 0.15) is 0 Å². The molecule has 0 bridgehead atoms. The van der Waals surface area contributed by atoms with Gasteiger partial charge in [0.05, 0.1) is 8.95 Å². The average Bonchev–Trinajstić information content (AvgIpc) is 2.44. The monoisotopic (exact) mass is 324 g/mol. The van der Waals surface area contributed by atoms with Crippen molar-refractivity contribution in [2.24, 2.45) is 0 Å². The van der Waals surface area contributed by atoms with Crippen LogP contribution >= 0.6 is 43.2 Å². The molecule has 0 atom stereocenters. The Labute approximate surface area is 93.2 Å². The molecule has 6 heteroatoms. The minimum absolute atomic E-state index is 0.0362. The van der Waals surface area contributed by atoms with Crippen LogP contribution in [0.2, 0.25) is 0 Å². The molecule has 0 aliphatic rings. The Morgan fingerprint density at radius 1 is 1.38 bits per heavy atom. The van der Waals surface area contributed by atoms with E-state index in [9.17, 15) is 9.90 Å². The Morgan fingerprint density at radius 2 is 2.08 bits per heavy atom.